The van der Waals surface area contributed by atoms with Gasteiger partial charge in [-0.1, -0.05) is 48.5 Å². The Labute approximate surface area is 160 Å². The van der Waals surface area contributed by atoms with Gasteiger partial charge in [-0.25, -0.2) is 0 Å². The van der Waals surface area contributed by atoms with Crippen LogP contribution in [-0.4, -0.2) is 26.2 Å². The van der Waals surface area contributed by atoms with E-state index in [1.165, 1.54) is 14.2 Å². The third-order valence-electron chi connectivity index (χ3n) is 6.40. The highest BCUT2D eigenvalue weighted by Gasteiger charge is 3.07. The number of carbonyl (C=O) groups is 2. The van der Waals surface area contributed by atoms with E-state index in [2.05, 4.69) is 0 Å². The number of ether oxygens (including phenoxy) is 2. The lowest BCUT2D eigenvalue weighted by Gasteiger charge is -2.29. The van der Waals surface area contributed by atoms with E-state index in [4.69, 9.17) is 32.7 Å². The third kappa shape index (κ3) is 1.09. The molecule has 0 aliphatic heterocycles. The normalized spacial score (nSPS) is 37.4. The van der Waals surface area contributed by atoms with Crippen molar-refractivity contribution in [2.75, 3.05) is 14.2 Å². The van der Waals surface area contributed by atoms with Gasteiger partial charge in [-0.15, -0.1) is 23.2 Å². The van der Waals surface area contributed by atoms with E-state index in [0.29, 0.717) is 16.7 Å². The van der Waals surface area contributed by atoms with Gasteiger partial charge in [0, 0.05) is 0 Å². The van der Waals surface area contributed by atoms with Crippen molar-refractivity contribution in [2.24, 2.45) is 5.41 Å². The first kappa shape index (κ1) is 16.2. The van der Waals surface area contributed by atoms with Crippen LogP contribution in [0.3, 0.4) is 0 Å². The number of alkyl halides is 2. The molecule has 4 atom stereocenters. The van der Waals surface area contributed by atoms with Crippen LogP contribution in [-0.2, 0) is 34.2 Å². The first-order valence-corrected chi connectivity index (χ1v) is 8.92. The van der Waals surface area contributed by atoms with E-state index in [1.807, 2.05) is 36.4 Å². The lowest BCUT2D eigenvalue weighted by atomic mass is 9.81. The fourth-order valence-electron chi connectivity index (χ4n) is 5.70. The Morgan fingerprint density at radius 3 is 1.77 bits per heavy atom. The standard InChI is InChI=1S/C20H14Cl2O4/c1-25-15(23)17-11-7-3-4-8-12(11)18(21)13-9-5-6-10-14(13)20(17,22)19(17,18)16(24)26-2/h3-10H,1-2H3/t17-,18-,19+,20-/m1/s1. The summed E-state index contributed by atoms with van der Waals surface area (Å²) in [5, 5.41) is 0. The van der Waals surface area contributed by atoms with Crippen molar-refractivity contribution in [1.29, 1.82) is 0 Å². The summed E-state index contributed by atoms with van der Waals surface area (Å²) in [4.78, 5) is 23.7. The molecule has 0 bridgehead atoms. The number of fused-ring (bicyclic) bond motifs is 7. The zero-order valence-corrected chi connectivity index (χ0v) is 15.5. The van der Waals surface area contributed by atoms with Crippen LogP contribution in [0.25, 0.3) is 0 Å². The summed E-state index contributed by atoms with van der Waals surface area (Å²) in [7, 11) is 2.57. The maximum absolute atomic E-state index is 13.2. The Kier molecular flexibility index (Phi) is 2.76. The van der Waals surface area contributed by atoms with E-state index in [1.54, 1.807) is 12.1 Å². The zero-order chi connectivity index (χ0) is 18.5. The Balaban J connectivity index is 2.02. The molecule has 3 aliphatic rings. The number of hydrogen-bond acceptors (Lipinski definition) is 4. The van der Waals surface area contributed by atoms with Gasteiger partial charge in [-0.2, -0.15) is 0 Å². The van der Waals surface area contributed by atoms with Gasteiger partial charge in [0.25, 0.3) is 0 Å². The van der Waals surface area contributed by atoms with E-state index in [-0.39, 0.29) is 0 Å². The molecular weight excluding hydrogens is 375 g/mol. The number of hydrogen-bond donors (Lipinski definition) is 0. The molecule has 2 aromatic carbocycles. The highest BCUT2D eigenvalue weighted by atomic mass is 35.5. The van der Waals surface area contributed by atoms with Gasteiger partial charge in [0.2, 0.25) is 0 Å². The average Bonchev–Trinajstić information content (AvgIpc) is 3.07. The highest BCUT2D eigenvalue weighted by molar-refractivity contribution is 6.43. The first-order chi connectivity index (χ1) is 12.4. The van der Waals surface area contributed by atoms with E-state index >= 15 is 0 Å². The summed E-state index contributed by atoms with van der Waals surface area (Å²) in [5.41, 5.74) is -0.200. The summed E-state index contributed by atoms with van der Waals surface area (Å²) < 4.78 is 10.3. The van der Waals surface area contributed by atoms with Crippen molar-refractivity contribution in [1.82, 2.24) is 0 Å². The number of benzene rings is 2. The summed E-state index contributed by atoms with van der Waals surface area (Å²) >= 11 is 14.4. The van der Waals surface area contributed by atoms with Gasteiger partial charge in [-0.3, -0.25) is 9.59 Å². The van der Waals surface area contributed by atoms with E-state index in [9.17, 15) is 9.59 Å². The number of methoxy groups -OCH3 is 2. The van der Waals surface area contributed by atoms with Crippen LogP contribution in [0.2, 0.25) is 0 Å². The minimum absolute atomic E-state index is 0.581. The Morgan fingerprint density at radius 2 is 1.23 bits per heavy atom. The molecule has 0 saturated heterocycles. The highest BCUT2D eigenvalue weighted by Crippen LogP contribution is 2.96. The predicted molar refractivity (Wildman–Crippen MR) is 95.2 cm³/mol. The van der Waals surface area contributed by atoms with E-state index in [0.717, 1.165) is 5.56 Å². The minimum atomic E-state index is -1.49. The van der Waals surface area contributed by atoms with Crippen LogP contribution in [0.5, 0.6) is 0 Å². The van der Waals surface area contributed by atoms with Crippen LogP contribution in [0.1, 0.15) is 22.3 Å². The Morgan fingerprint density at radius 1 is 0.769 bits per heavy atom. The molecule has 2 aromatic rings. The molecule has 1 fully saturated rings. The molecule has 4 nitrogen and oxygen atoms in total. The molecule has 0 N–H and O–H groups in total. The lowest BCUT2D eigenvalue weighted by molar-refractivity contribution is -0.154. The molecule has 0 heterocycles. The zero-order valence-electron chi connectivity index (χ0n) is 14.0. The summed E-state index contributed by atoms with van der Waals surface area (Å²) in [6.45, 7) is 0. The van der Waals surface area contributed by atoms with Gasteiger partial charge in [0.05, 0.1) is 14.2 Å². The summed E-state index contributed by atoms with van der Waals surface area (Å²) in [6, 6.07) is 14.6. The third-order valence-corrected chi connectivity index (χ3v) is 7.87. The molecule has 1 saturated carbocycles. The van der Waals surface area contributed by atoms with Crippen LogP contribution in [0, 0.1) is 5.41 Å². The van der Waals surface area contributed by atoms with Crippen LogP contribution < -0.4 is 0 Å². The van der Waals surface area contributed by atoms with Gasteiger partial charge in [0.1, 0.15) is 20.6 Å². The SMILES string of the molecule is COC(=O)[C@@]12c3ccccc3[C@@]3(Cl)c4ccccc4[C@]1(Cl)[C@]32C(=O)OC. The quantitative estimate of drug-likeness (QED) is 0.585. The molecule has 0 radical (unpaired) electrons. The molecular formula is C20H14Cl2O4. The second-order valence-corrected chi connectivity index (χ2v) is 8.03. The van der Waals surface area contributed by atoms with Crippen molar-refractivity contribution in [3.8, 4) is 0 Å². The predicted octanol–water partition coefficient (Wildman–Crippen LogP) is 3.21. The number of esters is 2. The van der Waals surface area contributed by atoms with Gasteiger partial charge >= 0.3 is 11.9 Å². The van der Waals surface area contributed by atoms with Crippen LogP contribution >= 0.6 is 23.2 Å². The second-order valence-electron chi connectivity index (χ2n) is 6.89. The maximum Gasteiger partial charge on any atom is 0.319 e. The van der Waals surface area contributed by atoms with Crippen molar-refractivity contribution >= 4 is 35.1 Å². The van der Waals surface area contributed by atoms with Crippen molar-refractivity contribution < 1.29 is 19.1 Å². The molecule has 0 spiro atoms. The van der Waals surface area contributed by atoms with Gasteiger partial charge in [0.15, 0.2) is 0 Å². The van der Waals surface area contributed by atoms with E-state index < -0.39 is 32.5 Å². The molecule has 26 heavy (non-hydrogen) atoms. The molecule has 0 amide bonds. The topological polar surface area (TPSA) is 52.6 Å². The van der Waals surface area contributed by atoms with Crippen LogP contribution in [0.4, 0.5) is 0 Å². The minimum Gasteiger partial charge on any atom is -0.468 e. The van der Waals surface area contributed by atoms with Gasteiger partial charge < -0.3 is 9.47 Å². The number of carbonyl (C=O) groups excluding carboxylic acids is 2. The monoisotopic (exact) mass is 388 g/mol. The smallest absolute Gasteiger partial charge is 0.319 e. The average molecular weight is 389 g/mol. The first-order valence-electron chi connectivity index (χ1n) is 8.17. The number of rotatable bonds is 2. The Hall–Kier alpha value is -2.04. The Bertz CT molecular complexity index is 1020. The lowest BCUT2D eigenvalue weighted by Crippen LogP contribution is -2.40. The molecule has 0 aromatic heterocycles. The molecule has 0 unspecified atom stereocenters. The molecule has 3 aliphatic carbocycles. The van der Waals surface area contributed by atoms with Crippen molar-refractivity contribution in [2.45, 2.75) is 15.2 Å². The second kappa shape index (κ2) is 4.44. The molecule has 132 valence electrons. The maximum atomic E-state index is 13.2. The van der Waals surface area contributed by atoms with Crippen LogP contribution in [0.15, 0.2) is 48.5 Å². The summed E-state index contributed by atoms with van der Waals surface area (Å²) in [5.74, 6) is -1.19. The fraction of sp³-hybridized carbons (Fsp3) is 0.300. The largest absolute Gasteiger partial charge is 0.468 e. The van der Waals surface area contributed by atoms with Gasteiger partial charge in [-0.05, 0) is 22.3 Å². The van der Waals surface area contributed by atoms with Crippen molar-refractivity contribution in [3.63, 3.8) is 0 Å². The molecule has 6 heteroatoms. The van der Waals surface area contributed by atoms with Crippen molar-refractivity contribution in [3.05, 3.63) is 70.8 Å². The molecule has 5 rings (SSSR count). The fourth-order valence-corrected chi connectivity index (χ4v) is 7.24. The summed E-state index contributed by atoms with van der Waals surface area (Å²) in [6.07, 6.45) is 0. The number of halogens is 2.